The van der Waals surface area contributed by atoms with Gasteiger partial charge in [-0.25, -0.2) is 4.79 Å². The summed E-state index contributed by atoms with van der Waals surface area (Å²) in [7, 11) is 1.92. The van der Waals surface area contributed by atoms with Crippen LogP contribution in [-0.2, 0) is 62.4 Å². The number of phenolic OH excluding ortho intramolecular Hbond substituents is 1. The number of unbranched alkanes of at least 4 members (excludes halogenated alkanes) is 1. The molecular weight excluding hydrogens is 1020 g/mol. The zero-order valence-corrected chi connectivity index (χ0v) is 44.3. The molecule has 0 bridgehead atoms. The smallest absolute Gasteiger partial charge is 0.326 e. The SMILES string of the molecule is CC(C)[C@H](NC(=O)[C@H]1NC(=O)[C@H](Cc2ccc(O)cc2)NC(=O)[C@H](CCCCN)NC(=O)[C@H](Cc2c[nH]c3ccccc23)NC(=O)[C@H](Cc2ccccc2)NC(=O)[C@@H](NC(=O)[C@@H](N)CC(=O)O)CSSC1(C)C)C(=O)O. The number of nitrogens with one attached hydrogen (secondary N) is 8. The highest BCUT2D eigenvalue weighted by atomic mass is 33.1. The van der Waals surface area contributed by atoms with Gasteiger partial charge in [0, 0.05) is 46.9 Å². The standard InChI is InChI=1S/C52H68N10O12S2/c1-28(2)42(51(73)74)61-50(72)43-52(3,4)76-75-27-40(60-44(66)34(54)25-41(64)65)49(71)58-37(22-29-12-6-5-7-13-29)46(68)59-39(24-31-26-55-35-15-9-8-14-33(31)35)47(69)56-36(16-10-11-21-53)45(67)57-38(48(70)62-43)23-30-17-19-32(63)20-18-30/h5-9,12-15,17-20,26,28,34,36-40,42-43,55,63H,10-11,16,21-25,27,53-54H2,1-4H3,(H,56,69)(H,57,67)(H,58,71)(H,59,68)(H,60,66)(H,61,72)(H,62,70)(H,64,65)(H,73,74)/t34-,36-,37-,38-,39-,40-,42-,43+/m0/s1. The Kier molecular flexibility index (Phi) is 22.1. The molecule has 1 aromatic heterocycles. The lowest BCUT2D eigenvalue weighted by molar-refractivity contribution is -0.143. The molecule has 1 saturated heterocycles. The van der Waals surface area contributed by atoms with E-state index in [1.807, 2.05) is 18.2 Å². The van der Waals surface area contributed by atoms with Gasteiger partial charge in [-0.15, -0.1) is 0 Å². The van der Waals surface area contributed by atoms with Gasteiger partial charge in [0.15, 0.2) is 0 Å². The minimum absolute atomic E-state index is 0.0176. The third-order valence-corrected chi connectivity index (χ3v) is 15.9. The number of para-hydroxylation sites is 1. The van der Waals surface area contributed by atoms with Crippen LogP contribution in [0.1, 0.15) is 70.1 Å². The average Bonchev–Trinajstić information content (AvgIpc) is 3.78. The second kappa shape index (κ2) is 28.1. The van der Waals surface area contributed by atoms with E-state index in [2.05, 4.69) is 42.2 Å². The van der Waals surface area contributed by atoms with Crippen molar-refractivity contribution in [3.8, 4) is 5.75 Å². The maximum atomic E-state index is 14.8. The number of aliphatic carboxylic acids is 2. The van der Waals surface area contributed by atoms with Crippen LogP contribution in [0.5, 0.6) is 5.75 Å². The predicted octanol–water partition coefficient (Wildman–Crippen LogP) is 1.14. The van der Waals surface area contributed by atoms with Crippen LogP contribution >= 0.6 is 21.6 Å². The maximum absolute atomic E-state index is 14.8. The Morgan fingerprint density at radius 3 is 1.88 bits per heavy atom. The molecule has 24 heteroatoms. The van der Waals surface area contributed by atoms with Gasteiger partial charge in [0.2, 0.25) is 41.4 Å². The Hall–Kier alpha value is -7.15. The average molecular weight is 1090 g/mol. The number of rotatable bonds is 18. The molecule has 1 aliphatic heterocycles. The van der Waals surface area contributed by atoms with Crippen LogP contribution in [0, 0.1) is 5.92 Å². The van der Waals surface area contributed by atoms with Crippen molar-refractivity contribution in [1.29, 1.82) is 0 Å². The molecular formula is C52H68N10O12S2. The molecule has 2 heterocycles. The highest BCUT2D eigenvalue weighted by Gasteiger charge is 2.42. The molecule has 5 rings (SSSR count). The van der Waals surface area contributed by atoms with E-state index in [0.29, 0.717) is 29.5 Å². The number of fused-ring (bicyclic) bond motifs is 1. The number of aromatic amines is 1. The summed E-state index contributed by atoms with van der Waals surface area (Å²) in [5.74, 6) is -9.94. The number of phenols is 1. The number of hydrogen-bond acceptors (Lipinski definition) is 14. The van der Waals surface area contributed by atoms with Gasteiger partial charge in [-0.3, -0.25) is 38.4 Å². The summed E-state index contributed by atoms with van der Waals surface area (Å²) in [6.45, 7) is 6.52. The number of carboxylic acids is 2. The Balaban J connectivity index is 1.66. The van der Waals surface area contributed by atoms with Crippen LogP contribution in [0.3, 0.4) is 0 Å². The van der Waals surface area contributed by atoms with Crippen molar-refractivity contribution in [2.75, 3.05) is 12.3 Å². The summed E-state index contributed by atoms with van der Waals surface area (Å²) in [6, 6.07) is 9.95. The molecule has 1 fully saturated rings. The number of carbonyl (C=O) groups excluding carboxylic acids is 7. The lowest BCUT2D eigenvalue weighted by atomic mass is 9.98. The second-order valence-corrected chi connectivity index (χ2v) is 22.4. The molecule has 3 aromatic carbocycles. The van der Waals surface area contributed by atoms with E-state index in [1.54, 1.807) is 70.3 Å². The van der Waals surface area contributed by atoms with E-state index in [9.17, 15) is 58.5 Å². The lowest BCUT2D eigenvalue weighted by Crippen LogP contribution is -2.63. The van der Waals surface area contributed by atoms with Crippen molar-refractivity contribution in [2.24, 2.45) is 17.4 Å². The number of benzene rings is 3. The highest BCUT2D eigenvalue weighted by molar-refractivity contribution is 8.77. The van der Waals surface area contributed by atoms with Gasteiger partial charge in [0.25, 0.3) is 0 Å². The zero-order valence-electron chi connectivity index (χ0n) is 42.6. The largest absolute Gasteiger partial charge is 0.508 e. The first-order chi connectivity index (χ1) is 36.1. The molecule has 8 atom stereocenters. The fourth-order valence-corrected chi connectivity index (χ4v) is 11.1. The maximum Gasteiger partial charge on any atom is 0.326 e. The molecule has 1 aliphatic rings. The second-order valence-electron chi connectivity index (χ2n) is 19.4. The predicted molar refractivity (Wildman–Crippen MR) is 287 cm³/mol. The number of carboxylic acid groups (broad SMARTS) is 2. The number of H-pyrrole nitrogens is 1. The quantitative estimate of drug-likeness (QED) is 0.0491. The number of carbonyl (C=O) groups is 9. The molecule has 410 valence electrons. The Morgan fingerprint density at radius 2 is 1.28 bits per heavy atom. The summed E-state index contributed by atoms with van der Waals surface area (Å²) in [5.41, 5.74) is 14.2. The number of aromatic nitrogens is 1. The van der Waals surface area contributed by atoms with E-state index >= 15 is 0 Å². The van der Waals surface area contributed by atoms with Crippen molar-refractivity contribution >= 4 is 85.8 Å². The number of nitrogens with two attached hydrogens (primary N) is 2. The van der Waals surface area contributed by atoms with Crippen LogP contribution < -0.4 is 48.7 Å². The Labute approximate surface area is 447 Å². The Morgan fingerprint density at radius 1 is 0.724 bits per heavy atom. The van der Waals surface area contributed by atoms with E-state index in [1.165, 1.54) is 24.3 Å². The molecule has 0 radical (unpaired) electrons. The molecule has 0 spiro atoms. The van der Waals surface area contributed by atoms with Crippen molar-refractivity contribution in [1.82, 2.24) is 42.2 Å². The van der Waals surface area contributed by atoms with Crippen LogP contribution in [0.2, 0.25) is 0 Å². The number of aromatic hydroxyl groups is 1. The molecule has 4 aromatic rings. The molecule has 15 N–H and O–H groups in total. The fraction of sp³-hybridized carbons (Fsp3) is 0.442. The zero-order chi connectivity index (χ0) is 55.7. The van der Waals surface area contributed by atoms with Gasteiger partial charge in [0.05, 0.1) is 12.5 Å². The number of amides is 7. The first-order valence-electron chi connectivity index (χ1n) is 24.8. The molecule has 0 unspecified atom stereocenters. The van der Waals surface area contributed by atoms with Crippen LogP contribution in [0.25, 0.3) is 10.9 Å². The molecule has 0 aliphatic carbocycles. The summed E-state index contributed by atoms with van der Waals surface area (Å²) < 4.78 is -1.41. The number of hydrogen-bond donors (Lipinski definition) is 13. The van der Waals surface area contributed by atoms with E-state index in [-0.39, 0.29) is 43.7 Å². The third-order valence-electron chi connectivity index (χ3n) is 12.6. The monoisotopic (exact) mass is 1090 g/mol. The van der Waals surface area contributed by atoms with Crippen LogP contribution in [-0.4, -0.2) is 139 Å². The van der Waals surface area contributed by atoms with Gasteiger partial charge >= 0.3 is 11.9 Å². The van der Waals surface area contributed by atoms with Gasteiger partial charge < -0.3 is 69.0 Å². The van der Waals surface area contributed by atoms with Gasteiger partial charge in [-0.1, -0.05) is 96.1 Å². The first-order valence-corrected chi connectivity index (χ1v) is 27.1. The minimum atomic E-state index is -1.60. The summed E-state index contributed by atoms with van der Waals surface area (Å²) in [6.07, 6.45) is 1.23. The van der Waals surface area contributed by atoms with Crippen molar-refractivity contribution in [3.63, 3.8) is 0 Å². The van der Waals surface area contributed by atoms with Crippen LogP contribution in [0.15, 0.2) is 85.1 Å². The van der Waals surface area contributed by atoms with Crippen molar-refractivity contribution in [2.45, 2.75) is 126 Å². The summed E-state index contributed by atoms with van der Waals surface area (Å²) in [4.78, 5) is 129. The van der Waals surface area contributed by atoms with Crippen molar-refractivity contribution < 1.29 is 58.5 Å². The molecule has 0 saturated carbocycles. The summed E-state index contributed by atoms with van der Waals surface area (Å²) in [5, 5.41) is 49.2. The summed E-state index contributed by atoms with van der Waals surface area (Å²) >= 11 is 0. The molecule has 22 nitrogen and oxygen atoms in total. The van der Waals surface area contributed by atoms with E-state index in [0.717, 1.165) is 32.5 Å². The minimum Gasteiger partial charge on any atom is -0.508 e. The van der Waals surface area contributed by atoms with Gasteiger partial charge in [-0.2, -0.15) is 0 Å². The van der Waals surface area contributed by atoms with E-state index in [4.69, 9.17) is 11.5 Å². The molecule has 7 amide bonds. The first kappa shape index (κ1) is 59.7. The lowest BCUT2D eigenvalue weighted by Gasteiger charge is -2.35. The Bertz CT molecular complexity index is 2690. The fourth-order valence-electron chi connectivity index (χ4n) is 8.31. The normalized spacial score (nSPS) is 21.9. The topological polar surface area (TPSA) is 366 Å². The molecule has 76 heavy (non-hydrogen) atoms. The highest BCUT2D eigenvalue weighted by Crippen LogP contribution is 2.39. The van der Waals surface area contributed by atoms with Crippen molar-refractivity contribution in [3.05, 3.63) is 102 Å². The van der Waals surface area contributed by atoms with Crippen LogP contribution in [0.4, 0.5) is 0 Å². The van der Waals surface area contributed by atoms with Gasteiger partial charge in [-0.05, 0) is 80.5 Å². The van der Waals surface area contributed by atoms with Gasteiger partial charge in [0.1, 0.15) is 48.0 Å². The third kappa shape index (κ3) is 17.5. The van der Waals surface area contributed by atoms with E-state index < -0.39 is 119 Å².